The highest BCUT2D eigenvalue weighted by atomic mass is 79.9. The molecule has 0 bridgehead atoms. The summed E-state index contributed by atoms with van der Waals surface area (Å²) in [5, 5.41) is 7.64. The summed E-state index contributed by atoms with van der Waals surface area (Å²) in [6.07, 6.45) is 3.18. The number of hydrogen-bond donors (Lipinski definition) is 1. The third kappa shape index (κ3) is 3.96. The van der Waals surface area contributed by atoms with Crippen LogP contribution in [0.25, 0.3) is 5.69 Å². The zero-order valence-corrected chi connectivity index (χ0v) is 15.9. The van der Waals surface area contributed by atoms with Crippen LogP contribution in [0.3, 0.4) is 0 Å². The van der Waals surface area contributed by atoms with Crippen molar-refractivity contribution in [1.82, 2.24) is 14.8 Å². The zero-order chi connectivity index (χ0) is 18.0. The molecule has 128 valence electrons. The van der Waals surface area contributed by atoms with Crippen molar-refractivity contribution in [1.29, 1.82) is 0 Å². The maximum Gasteiger partial charge on any atom is 0.258 e. The highest BCUT2D eigenvalue weighted by Crippen LogP contribution is 2.26. The van der Waals surface area contributed by atoms with Crippen LogP contribution in [0.4, 0.5) is 5.82 Å². The lowest BCUT2D eigenvalue weighted by atomic mass is 9.92. The lowest BCUT2D eigenvalue weighted by molar-refractivity contribution is 0.102. The summed E-state index contributed by atoms with van der Waals surface area (Å²) in [6.45, 7) is 6.28. The molecule has 0 saturated carbocycles. The van der Waals surface area contributed by atoms with E-state index in [0.29, 0.717) is 11.4 Å². The fourth-order valence-corrected chi connectivity index (χ4v) is 2.69. The van der Waals surface area contributed by atoms with Gasteiger partial charge in [0.2, 0.25) is 0 Å². The number of benzene rings is 1. The number of pyridine rings is 1. The molecular formula is C19H19BrN4O. The van der Waals surface area contributed by atoms with Crippen LogP contribution >= 0.6 is 15.9 Å². The average molecular weight is 399 g/mol. The van der Waals surface area contributed by atoms with Crippen LogP contribution in [-0.4, -0.2) is 20.7 Å². The van der Waals surface area contributed by atoms with Gasteiger partial charge >= 0.3 is 0 Å². The molecule has 3 aromatic rings. The minimum Gasteiger partial charge on any atom is -0.306 e. The number of amides is 1. The first-order valence-electron chi connectivity index (χ1n) is 7.92. The third-order valence-electron chi connectivity index (χ3n) is 3.69. The van der Waals surface area contributed by atoms with Gasteiger partial charge in [-0.2, -0.15) is 5.10 Å². The second-order valence-electron chi connectivity index (χ2n) is 6.76. The molecule has 3 rings (SSSR count). The molecule has 0 unspecified atom stereocenters. The number of hydrogen-bond acceptors (Lipinski definition) is 3. The molecule has 2 aromatic heterocycles. The monoisotopic (exact) mass is 398 g/mol. The Morgan fingerprint density at radius 1 is 1.12 bits per heavy atom. The number of halogens is 1. The van der Waals surface area contributed by atoms with Gasteiger partial charge in [-0.1, -0.05) is 39.0 Å². The van der Waals surface area contributed by atoms with Crippen molar-refractivity contribution >= 4 is 27.7 Å². The first-order valence-corrected chi connectivity index (χ1v) is 8.72. The predicted molar refractivity (Wildman–Crippen MR) is 102 cm³/mol. The summed E-state index contributed by atoms with van der Waals surface area (Å²) in [5.74, 6) is 0.396. The first-order chi connectivity index (χ1) is 11.8. The van der Waals surface area contributed by atoms with Crippen molar-refractivity contribution in [2.45, 2.75) is 26.2 Å². The van der Waals surface area contributed by atoms with E-state index in [4.69, 9.17) is 5.10 Å². The largest absolute Gasteiger partial charge is 0.306 e. The molecule has 1 amide bonds. The van der Waals surface area contributed by atoms with Crippen molar-refractivity contribution in [2.24, 2.45) is 0 Å². The topological polar surface area (TPSA) is 59.8 Å². The van der Waals surface area contributed by atoms with Crippen LogP contribution in [-0.2, 0) is 5.41 Å². The molecule has 0 spiro atoms. The molecule has 1 N–H and O–H groups in total. The van der Waals surface area contributed by atoms with Crippen molar-refractivity contribution in [3.63, 3.8) is 0 Å². The van der Waals surface area contributed by atoms with Gasteiger partial charge < -0.3 is 5.32 Å². The minimum atomic E-state index is -0.230. The van der Waals surface area contributed by atoms with E-state index >= 15 is 0 Å². The molecule has 0 atom stereocenters. The van der Waals surface area contributed by atoms with E-state index in [0.717, 1.165) is 15.9 Å². The van der Waals surface area contributed by atoms with E-state index in [1.807, 2.05) is 36.4 Å². The summed E-state index contributed by atoms with van der Waals surface area (Å²) in [6, 6.07) is 13.4. The second-order valence-corrected chi connectivity index (χ2v) is 7.67. The molecule has 6 heteroatoms. The highest BCUT2D eigenvalue weighted by molar-refractivity contribution is 9.10. The Kier molecular flexibility index (Phi) is 4.72. The average Bonchev–Trinajstić information content (AvgIpc) is 3.00. The normalized spacial score (nSPS) is 11.4. The lowest BCUT2D eigenvalue weighted by Crippen LogP contribution is -2.15. The molecule has 0 aliphatic carbocycles. The molecule has 1 aromatic carbocycles. The number of nitrogens with one attached hydrogen (secondary N) is 1. The number of carbonyl (C=O) groups is 1. The quantitative estimate of drug-likeness (QED) is 0.702. The summed E-state index contributed by atoms with van der Waals surface area (Å²) >= 11 is 3.34. The maximum absolute atomic E-state index is 12.6. The van der Waals surface area contributed by atoms with Gasteiger partial charge in [-0.25, -0.2) is 4.68 Å². The molecule has 0 radical (unpaired) electrons. The summed E-state index contributed by atoms with van der Waals surface area (Å²) in [4.78, 5) is 16.6. The molecular weight excluding hydrogens is 380 g/mol. The summed E-state index contributed by atoms with van der Waals surface area (Å²) in [5.41, 5.74) is 2.14. The van der Waals surface area contributed by atoms with E-state index in [2.05, 4.69) is 47.0 Å². The number of nitrogens with zero attached hydrogens (tertiary/aromatic N) is 3. The van der Waals surface area contributed by atoms with E-state index in [1.165, 1.54) is 6.20 Å². The SMILES string of the molecule is CC(C)(C)c1cc(NC(=O)c2cncc(Br)c2)n(-c2ccccc2)n1. The molecule has 2 heterocycles. The lowest BCUT2D eigenvalue weighted by Gasteiger charge is -2.14. The predicted octanol–water partition coefficient (Wildman–Crippen LogP) is 4.58. The van der Waals surface area contributed by atoms with Gasteiger partial charge in [0.1, 0.15) is 5.82 Å². The third-order valence-corrected chi connectivity index (χ3v) is 4.12. The van der Waals surface area contributed by atoms with E-state index in [9.17, 15) is 4.79 Å². The number of aromatic nitrogens is 3. The first kappa shape index (κ1) is 17.4. The number of para-hydroxylation sites is 1. The van der Waals surface area contributed by atoms with Crippen molar-refractivity contribution in [3.8, 4) is 5.69 Å². The minimum absolute atomic E-state index is 0.128. The van der Waals surface area contributed by atoms with Crippen LogP contribution in [0.5, 0.6) is 0 Å². The summed E-state index contributed by atoms with van der Waals surface area (Å²) in [7, 11) is 0. The van der Waals surface area contributed by atoms with E-state index < -0.39 is 0 Å². The Hall–Kier alpha value is -2.47. The van der Waals surface area contributed by atoms with Crippen LogP contribution in [0.1, 0.15) is 36.8 Å². The van der Waals surface area contributed by atoms with Crippen molar-refractivity contribution in [2.75, 3.05) is 5.32 Å². The van der Waals surface area contributed by atoms with Crippen molar-refractivity contribution < 1.29 is 4.79 Å². The van der Waals surface area contributed by atoms with Gasteiger partial charge in [0.15, 0.2) is 0 Å². The number of rotatable bonds is 3. The molecule has 0 fully saturated rings. The van der Waals surface area contributed by atoms with Crippen molar-refractivity contribution in [3.05, 3.63) is 70.6 Å². The fraction of sp³-hybridized carbons (Fsp3) is 0.211. The van der Waals surface area contributed by atoms with Gasteiger partial charge in [-0.3, -0.25) is 9.78 Å². The number of anilines is 1. The molecule has 25 heavy (non-hydrogen) atoms. The zero-order valence-electron chi connectivity index (χ0n) is 14.3. The Morgan fingerprint density at radius 3 is 2.48 bits per heavy atom. The van der Waals surface area contributed by atoms with E-state index in [1.54, 1.807) is 16.9 Å². The smallest absolute Gasteiger partial charge is 0.258 e. The van der Waals surface area contributed by atoms with Crippen LogP contribution < -0.4 is 5.32 Å². The Bertz CT molecular complexity index is 897. The fourth-order valence-electron chi connectivity index (χ4n) is 2.33. The Labute approximate surface area is 155 Å². The Morgan fingerprint density at radius 2 is 1.84 bits per heavy atom. The van der Waals surface area contributed by atoms with Gasteiger partial charge in [-0.05, 0) is 34.1 Å². The second kappa shape index (κ2) is 6.80. The van der Waals surface area contributed by atoms with Crippen LogP contribution in [0, 0.1) is 0 Å². The van der Waals surface area contributed by atoms with Crippen LogP contribution in [0.2, 0.25) is 0 Å². The van der Waals surface area contributed by atoms with Gasteiger partial charge in [0.05, 0.1) is 16.9 Å². The maximum atomic E-state index is 12.6. The standard InChI is InChI=1S/C19H19BrN4O/c1-19(2,3)16-10-17(24(23-16)15-7-5-4-6-8-15)22-18(25)13-9-14(20)12-21-11-13/h4-12H,1-3H3,(H,22,25). The van der Waals surface area contributed by atoms with Gasteiger partial charge in [-0.15, -0.1) is 0 Å². The Balaban J connectivity index is 2.00. The molecule has 5 nitrogen and oxygen atoms in total. The van der Waals surface area contributed by atoms with E-state index in [-0.39, 0.29) is 11.3 Å². The van der Waals surface area contributed by atoms with Gasteiger partial charge in [0, 0.05) is 28.3 Å². The highest BCUT2D eigenvalue weighted by Gasteiger charge is 2.21. The molecule has 0 aliphatic heterocycles. The summed E-state index contributed by atoms with van der Waals surface area (Å²) < 4.78 is 2.51. The van der Waals surface area contributed by atoms with Crippen LogP contribution in [0.15, 0.2) is 59.3 Å². The molecule has 0 saturated heterocycles. The molecule has 0 aliphatic rings. The number of carbonyl (C=O) groups excluding carboxylic acids is 1. The van der Waals surface area contributed by atoms with Gasteiger partial charge in [0.25, 0.3) is 5.91 Å².